The molecule has 1 unspecified atom stereocenters. The van der Waals surface area contributed by atoms with E-state index >= 15 is 0 Å². The van der Waals surface area contributed by atoms with E-state index in [-0.39, 0.29) is 6.17 Å². The largest absolute Gasteiger partial charge is 0.329 e. The fraction of sp³-hybridized carbons (Fsp3) is 0.250. The van der Waals surface area contributed by atoms with Gasteiger partial charge in [-0.3, -0.25) is 5.01 Å². The zero-order valence-corrected chi connectivity index (χ0v) is 18.2. The molecular formula is C24H26N8. The first-order valence-corrected chi connectivity index (χ1v) is 10.9. The molecule has 5 rings (SSSR count). The Hall–Kier alpha value is -3.78. The lowest BCUT2D eigenvalue weighted by atomic mass is 9.98. The minimum atomic E-state index is 0.1000. The highest BCUT2D eigenvalue weighted by atomic mass is 15.6. The van der Waals surface area contributed by atoms with Gasteiger partial charge in [-0.2, -0.15) is 0 Å². The van der Waals surface area contributed by atoms with Gasteiger partial charge in [0.15, 0.2) is 11.6 Å². The molecule has 0 bridgehead atoms. The molecule has 4 aromatic rings. The van der Waals surface area contributed by atoms with Crippen molar-refractivity contribution in [1.29, 1.82) is 0 Å². The SMILES string of the molecule is CCCC1N(N)c2c(C)ccnc2N1Cc1ccc(-c2ccccc2-c2nnn[nH]2)cc1. The number of nitrogens with one attached hydrogen (secondary N) is 1. The van der Waals surface area contributed by atoms with E-state index in [2.05, 4.69) is 74.7 Å². The normalized spacial score (nSPS) is 15.3. The predicted octanol–water partition coefficient (Wildman–Crippen LogP) is 4.06. The highest BCUT2D eigenvalue weighted by Crippen LogP contribution is 2.40. The van der Waals surface area contributed by atoms with Crippen molar-refractivity contribution in [2.75, 3.05) is 9.91 Å². The van der Waals surface area contributed by atoms with Gasteiger partial charge in [0.1, 0.15) is 6.17 Å². The molecule has 0 amide bonds. The van der Waals surface area contributed by atoms with Gasteiger partial charge in [0.05, 0.1) is 5.69 Å². The van der Waals surface area contributed by atoms with Crippen LogP contribution in [0, 0.1) is 6.92 Å². The number of fused-ring (bicyclic) bond motifs is 1. The smallest absolute Gasteiger partial charge is 0.180 e. The summed E-state index contributed by atoms with van der Waals surface area (Å²) in [5.74, 6) is 8.13. The van der Waals surface area contributed by atoms with Crippen molar-refractivity contribution in [2.45, 2.75) is 39.4 Å². The van der Waals surface area contributed by atoms with Crippen LogP contribution in [0.4, 0.5) is 11.5 Å². The lowest BCUT2D eigenvalue weighted by Gasteiger charge is -2.29. The lowest BCUT2D eigenvalue weighted by Crippen LogP contribution is -2.46. The molecule has 2 aromatic heterocycles. The molecule has 8 heteroatoms. The van der Waals surface area contributed by atoms with Crippen LogP contribution in [-0.2, 0) is 6.54 Å². The van der Waals surface area contributed by atoms with Crippen LogP contribution < -0.4 is 15.8 Å². The summed E-state index contributed by atoms with van der Waals surface area (Å²) < 4.78 is 0. The van der Waals surface area contributed by atoms with Crippen LogP contribution in [0.15, 0.2) is 60.8 Å². The minimum absolute atomic E-state index is 0.1000. The second kappa shape index (κ2) is 8.39. The van der Waals surface area contributed by atoms with Gasteiger partial charge < -0.3 is 4.90 Å². The molecule has 1 atom stereocenters. The topological polar surface area (TPSA) is 99.8 Å². The summed E-state index contributed by atoms with van der Waals surface area (Å²) in [6.45, 7) is 5.02. The number of hydrogen-bond donors (Lipinski definition) is 2. The zero-order chi connectivity index (χ0) is 22.1. The first-order chi connectivity index (χ1) is 15.7. The van der Waals surface area contributed by atoms with E-state index in [9.17, 15) is 0 Å². The molecule has 0 saturated carbocycles. The van der Waals surface area contributed by atoms with E-state index in [1.807, 2.05) is 35.5 Å². The second-order valence-electron chi connectivity index (χ2n) is 8.10. The summed E-state index contributed by atoms with van der Waals surface area (Å²) in [6.07, 6.45) is 3.99. The van der Waals surface area contributed by atoms with Gasteiger partial charge in [-0.05, 0) is 52.1 Å². The molecule has 3 N–H and O–H groups in total. The number of aryl methyl sites for hydroxylation is 1. The van der Waals surface area contributed by atoms with E-state index in [0.717, 1.165) is 53.1 Å². The molecule has 1 aliphatic rings. The van der Waals surface area contributed by atoms with Gasteiger partial charge in [0.25, 0.3) is 0 Å². The molecule has 0 radical (unpaired) electrons. The monoisotopic (exact) mass is 426 g/mol. The predicted molar refractivity (Wildman–Crippen MR) is 126 cm³/mol. The first-order valence-electron chi connectivity index (χ1n) is 10.9. The molecule has 32 heavy (non-hydrogen) atoms. The van der Waals surface area contributed by atoms with Gasteiger partial charge in [-0.25, -0.2) is 15.9 Å². The van der Waals surface area contributed by atoms with Crippen LogP contribution in [0.2, 0.25) is 0 Å². The maximum Gasteiger partial charge on any atom is 0.180 e. The van der Waals surface area contributed by atoms with Gasteiger partial charge in [0, 0.05) is 18.3 Å². The van der Waals surface area contributed by atoms with Crippen molar-refractivity contribution in [2.24, 2.45) is 5.84 Å². The van der Waals surface area contributed by atoms with E-state index in [4.69, 9.17) is 5.84 Å². The quantitative estimate of drug-likeness (QED) is 0.448. The number of hydrogen-bond acceptors (Lipinski definition) is 7. The molecule has 8 nitrogen and oxygen atoms in total. The van der Waals surface area contributed by atoms with Gasteiger partial charge in [-0.15, -0.1) is 5.10 Å². The summed E-state index contributed by atoms with van der Waals surface area (Å²) in [4.78, 5) is 6.98. The Labute approximate surface area is 187 Å². The third kappa shape index (κ3) is 3.48. The van der Waals surface area contributed by atoms with Gasteiger partial charge in [-0.1, -0.05) is 61.9 Å². The molecule has 2 aromatic carbocycles. The third-order valence-electron chi connectivity index (χ3n) is 6.01. The number of H-pyrrole nitrogens is 1. The number of tetrazole rings is 1. The zero-order valence-electron chi connectivity index (χ0n) is 18.2. The number of nitrogens with two attached hydrogens (primary N) is 1. The Morgan fingerprint density at radius 2 is 1.81 bits per heavy atom. The second-order valence-corrected chi connectivity index (χ2v) is 8.10. The maximum atomic E-state index is 6.52. The van der Waals surface area contributed by atoms with Crippen molar-refractivity contribution in [1.82, 2.24) is 25.6 Å². The fourth-order valence-electron chi connectivity index (χ4n) is 4.44. The van der Waals surface area contributed by atoms with Crippen molar-refractivity contribution >= 4 is 11.5 Å². The number of benzene rings is 2. The van der Waals surface area contributed by atoms with E-state index < -0.39 is 0 Å². The van der Waals surface area contributed by atoms with Gasteiger partial charge in [0.2, 0.25) is 0 Å². The van der Waals surface area contributed by atoms with Crippen LogP contribution in [0.25, 0.3) is 22.5 Å². The van der Waals surface area contributed by atoms with E-state index in [0.29, 0.717) is 5.82 Å². The Balaban J connectivity index is 1.44. The van der Waals surface area contributed by atoms with Crippen molar-refractivity contribution in [3.63, 3.8) is 0 Å². The number of rotatable bonds is 6. The maximum absolute atomic E-state index is 6.52. The summed E-state index contributed by atoms with van der Waals surface area (Å²) in [7, 11) is 0. The van der Waals surface area contributed by atoms with Crippen molar-refractivity contribution in [3.8, 4) is 22.5 Å². The standard InChI is InChI=1S/C24H26N8/c1-3-6-21-31(24-22(32(21)25)16(2)13-14-26-24)15-17-9-11-18(12-10-17)19-7-4-5-8-20(19)23-27-29-30-28-23/h4-5,7-14,21H,3,6,15,25H2,1-2H3,(H,27,28,29,30). The molecule has 0 saturated heterocycles. The number of hydrazine groups is 1. The third-order valence-corrected chi connectivity index (χ3v) is 6.01. The number of aromatic amines is 1. The summed E-state index contributed by atoms with van der Waals surface area (Å²) in [5.41, 5.74) is 6.55. The summed E-state index contributed by atoms with van der Waals surface area (Å²) in [5, 5.41) is 16.2. The van der Waals surface area contributed by atoms with E-state index in [1.54, 1.807) is 0 Å². The van der Waals surface area contributed by atoms with E-state index in [1.165, 1.54) is 5.56 Å². The highest BCUT2D eigenvalue weighted by Gasteiger charge is 2.35. The summed E-state index contributed by atoms with van der Waals surface area (Å²) >= 11 is 0. The highest BCUT2D eigenvalue weighted by molar-refractivity contribution is 5.80. The van der Waals surface area contributed by atoms with Crippen LogP contribution in [0.5, 0.6) is 0 Å². The first kappa shape index (κ1) is 20.1. The number of pyridine rings is 1. The Morgan fingerprint density at radius 1 is 1.03 bits per heavy atom. The molecule has 3 heterocycles. The Kier molecular flexibility index (Phi) is 5.28. The Bertz CT molecular complexity index is 1200. The molecule has 162 valence electrons. The van der Waals surface area contributed by atoms with Crippen molar-refractivity contribution < 1.29 is 0 Å². The minimum Gasteiger partial charge on any atom is -0.329 e. The lowest BCUT2D eigenvalue weighted by molar-refractivity contribution is 0.538. The fourth-order valence-corrected chi connectivity index (χ4v) is 4.44. The Morgan fingerprint density at radius 3 is 2.53 bits per heavy atom. The average Bonchev–Trinajstić information content (AvgIpc) is 3.44. The van der Waals surface area contributed by atoms with Crippen LogP contribution in [-0.4, -0.2) is 31.8 Å². The van der Waals surface area contributed by atoms with Crippen molar-refractivity contribution in [3.05, 3.63) is 71.9 Å². The average molecular weight is 427 g/mol. The van der Waals surface area contributed by atoms with Crippen LogP contribution >= 0.6 is 0 Å². The van der Waals surface area contributed by atoms with Gasteiger partial charge >= 0.3 is 0 Å². The number of aromatic nitrogens is 5. The molecule has 1 aliphatic heterocycles. The number of anilines is 2. The molecular weight excluding hydrogens is 400 g/mol. The molecule has 0 fully saturated rings. The number of nitrogens with zero attached hydrogens (tertiary/aromatic N) is 6. The van der Waals surface area contributed by atoms with Crippen LogP contribution in [0.1, 0.15) is 30.9 Å². The molecule has 0 spiro atoms. The van der Waals surface area contributed by atoms with Crippen LogP contribution in [0.3, 0.4) is 0 Å². The summed E-state index contributed by atoms with van der Waals surface area (Å²) in [6, 6.07) is 18.8. The molecule has 0 aliphatic carbocycles.